The van der Waals surface area contributed by atoms with Crippen molar-refractivity contribution in [3.63, 3.8) is 0 Å². The zero-order valence-corrected chi connectivity index (χ0v) is 16.4. The average Bonchev–Trinajstić information content (AvgIpc) is 2.92. The summed E-state index contributed by atoms with van der Waals surface area (Å²) < 4.78 is 25.8. The van der Waals surface area contributed by atoms with Gasteiger partial charge in [0.05, 0.1) is 19.1 Å². The normalized spacial score (nSPS) is 28.0. The number of carbonyl (C=O) groups excluding carboxylic acids is 1. The molecule has 8 heteroatoms. The molecule has 1 amide bonds. The summed E-state index contributed by atoms with van der Waals surface area (Å²) in [4.78, 5) is 19.4. The van der Waals surface area contributed by atoms with Crippen LogP contribution in [0.1, 0.15) is 12.0 Å². The largest absolute Gasteiger partial charge is 0.489 e. The van der Waals surface area contributed by atoms with Crippen molar-refractivity contribution in [1.29, 1.82) is 0 Å². The lowest BCUT2D eigenvalue weighted by Crippen LogP contribution is -2.56. The van der Waals surface area contributed by atoms with Crippen molar-refractivity contribution in [3.8, 4) is 16.9 Å². The van der Waals surface area contributed by atoms with Crippen LogP contribution in [0.15, 0.2) is 41.4 Å². The summed E-state index contributed by atoms with van der Waals surface area (Å²) in [7, 11) is 1.61. The fourth-order valence-corrected chi connectivity index (χ4v) is 4.74. The summed E-state index contributed by atoms with van der Waals surface area (Å²) in [5, 5.41) is 0.295. The Hall–Kier alpha value is -2.64. The van der Waals surface area contributed by atoms with Crippen LogP contribution in [-0.2, 0) is 15.1 Å². The van der Waals surface area contributed by atoms with Crippen LogP contribution in [0.25, 0.3) is 11.1 Å². The summed E-state index contributed by atoms with van der Waals surface area (Å²) in [5.74, 6) is -0.206. The summed E-state index contributed by atoms with van der Waals surface area (Å²) in [6.07, 6.45) is 0.470. The van der Waals surface area contributed by atoms with Gasteiger partial charge in [-0.15, -0.1) is 0 Å². The predicted molar refractivity (Wildman–Crippen MR) is 106 cm³/mol. The summed E-state index contributed by atoms with van der Waals surface area (Å²) >= 11 is 6.04. The van der Waals surface area contributed by atoms with Gasteiger partial charge in [-0.3, -0.25) is 9.69 Å². The van der Waals surface area contributed by atoms with E-state index < -0.39 is 11.4 Å². The van der Waals surface area contributed by atoms with Gasteiger partial charge in [-0.05, 0) is 41.5 Å². The first-order valence-corrected chi connectivity index (χ1v) is 9.77. The fourth-order valence-electron chi connectivity index (χ4n) is 4.52. The molecule has 0 aliphatic carbocycles. The van der Waals surface area contributed by atoms with Crippen molar-refractivity contribution in [2.24, 2.45) is 16.6 Å². The maximum absolute atomic E-state index is 13.9. The van der Waals surface area contributed by atoms with Crippen LogP contribution in [0.3, 0.4) is 0 Å². The Morgan fingerprint density at radius 2 is 2.10 bits per heavy atom. The van der Waals surface area contributed by atoms with Crippen LogP contribution in [0.4, 0.5) is 4.39 Å². The quantitative estimate of drug-likeness (QED) is 0.776. The number of hydrogen-bond donors (Lipinski definition) is 1. The van der Waals surface area contributed by atoms with Crippen molar-refractivity contribution >= 4 is 23.5 Å². The Morgan fingerprint density at radius 3 is 2.83 bits per heavy atom. The highest BCUT2D eigenvalue weighted by Gasteiger charge is 2.60. The summed E-state index contributed by atoms with van der Waals surface area (Å²) in [6.45, 7) is 0.909. The van der Waals surface area contributed by atoms with Gasteiger partial charge in [0.25, 0.3) is 5.91 Å². The van der Waals surface area contributed by atoms with Gasteiger partial charge in [-0.2, -0.15) is 0 Å². The summed E-state index contributed by atoms with van der Waals surface area (Å²) in [6, 6.07) is 9.77. The first-order chi connectivity index (χ1) is 13.9. The third kappa shape index (κ3) is 2.64. The van der Waals surface area contributed by atoms with Gasteiger partial charge >= 0.3 is 0 Å². The first-order valence-electron chi connectivity index (χ1n) is 9.39. The topological polar surface area (TPSA) is 77.2 Å². The third-order valence-corrected chi connectivity index (χ3v) is 6.18. The Labute approximate surface area is 172 Å². The molecule has 3 aliphatic rings. The Balaban J connectivity index is 1.73. The lowest BCUT2D eigenvalue weighted by Gasteiger charge is -2.45. The molecule has 0 aromatic heterocycles. The fraction of sp³-hybridized carbons (Fsp3) is 0.333. The summed E-state index contributed by atoms with van der Waals surface area (Å²) in [5.41, 5.74) is 6.75. The van der Waals surface area contributed by atoms with Crippen LogP contribution < -0.4 is 10.5 Å². The van der Waals surface area contributed by atoms with Crippen molar-refractivity contribution in [3.05, 3.63) is 52.8 Å². The van der Waals surface area contributed by atoms with Crippen LogP contribution in [0, 0.1) is 11.7 Å². The molecule has 6 nitrogen and oxygen atoms in total. The second kappa shape index (κ2) is 6.43. The van der Waals surface area contributed by atoms with Gasteiger partial charge in [0, 0.05) is 24.1 Å². The molecule has 2 N–H and O–H groups in total. The number of benzene rings is 2. The highest BCUT2D eigenvalue weighted by molar-refractivity contribution is 6.30. The molecule has 1 spiro atoms. The standard InChI is InChI=1S/C21H19ClFN3O3/c1-26-19(27)21(25-20(26)24)15-8-11(12-6-13(22)9-14(23)7-12)2-3-17(15)29-18-4-5-28-10-16(18)21/h2-3,6-9,16,18H,4-5,10H2,1H3,(H2,24,25)/t16-,18?,21-/m0/s1. The smallest absolute Gasteiger partial charge is 0.262 e. The van der Waals surface area contributed by atoms with Crippen molar-refractivity contribution < 1.29 is 18.7 Å². The van der Waals surface area contributed by atoms with Crippen LogP contribution >= 0.6 is 11.6 Å². The van der Waals surface area contributed by atoms with E-state index in [0.29, 0.717) is 47.1 Å². The van der Waals surface area contributed by atoms with Gasteiger partial charge in [-0.25, -0.2) is 9.38 Å². The predicted octanol–water partition coefficient (Wildman–Crippen LogP) is 2.93. The molecule has 150 valence electrons. The molecule has 1 saturated heterocycles. The maximum atomic E-state index is 13.9. The minimum absolute atomic E-state index is 0.159. The number of nitrogens with zero attached hydrogens (tertiary/aromatic N) is 2. The van der Waals surface area contributed by atoms with E-state index in [0.717, 1.165) is 0 Å². The second-order valence-electron chi connectivity index (χ2n) is 7.60. The van der Waals surface area contributed by atoms with Gasteiger partial charge in [0.2, 0.25) is 0 Å². The molecular formula is C21H19ClFN3O3. The highest BCUT2D eigenvalue weighted by Crippen LogP contribution is 2.51. The third-order valence-electron chi connectivity index (χ3n) is 5.96. The molecule has 1 fully saturated rings. The van der Waals surface area contributed by atoms with E-state index in [2.05, 4.69) is 4.99 Å². The monoisotopic (exact) mass is 415 g/mol. The van der Waals surface area contributed by atoms with Crippen molar-refractivity contribution in [1.82, 2.24) is 4.90 Å². The number of guanidine groups is 1. The van der Waals surface area contributed by atoms with Crippen LogP contribution in [0.5, 0.6) is 5.75 Å². The van der Waals surface area contributed by atoms with Gasteiger partial charge in [0.15, 0.2) is 11.5 Å². The Kier molecular flexibility index (Phi) is 4.08. The molecule has 5 rings (SSSR count). The molecule has 2 aromatic carbocycles. The molecule has 0 bridgehead atoms. The minimum atomic E-state index is -1.22. The number of nitrogens with two attached hydrogens (primary N) is 1. The number of ether oxygens (including phenoxy) is 2. The van der Waals surface area contributed by atoms with Crippen molar-refractivity contribution in [2.45, 2.75) is 18.1 Å². The average molecular weight is 416 g/mol. The molecule has 3 atom stereocenters. The minimum Gasteiger partial charge on any atom is -0.489 e. The molecule has 0 radical (unpaired) electrons. The number of amides is 1. The lowest BCUT2D eigenvalue weighted by atomic mass is 9.71. The number of carbonyl (C=O) groups is 1. The van der Waals surface area contributed by atoms with E-state index in [9.17, 15) is 9.18 Å². The zero-order valence-electron chi connectivity index (χ0n) is 15.7. The number of hydrogen-bond acceptors (Lipinski definition) is 5. The maximum Gasteiger partial charge on any atom is 0.262 e. The van der Waals surface area contributed by atoms with Gasteiger partial charge < -0.3 is 15.2 Å². The molecule has 29 heavy (non-hydrogen) atoms. The number of halogens is 2. The number of aliphatic imine (C=N–C) groups is 1. The second-order valence-corrected chi connectivity index (χ2v) is 8.03. The number of rotatable bonds is 1. The highest BCUT2D eigenvalue weighted by atomic mass is 35.5. The van der Waals surface area contributed by atoms with E-state index in [4.69, 9.17) is 26.8 Å². The molecule has 2 aromatic rings. The zero-order chi connectivity index (χ0) is 20.3. The van der Waals surface area contributed by atoms with E-state index in [-0.39, 0.29) is 23.9 Å². The van der Waals surface area contributed by atoms with Gasteiger partial charge in [0.1, 0.15) is 17.7 Å². The molecule has 3 heterocycles. The number of fused-ring (bicyclic) bond motifs is 4. The van der Waals surface area contributed by atoms with E-state index in [1.54, 1.807) is 19.2 Å². The van der Waals surface area contributed by atoms with Crippen molar-refractivity contribution in [2.75, 3.05) is 20.3 Å². The number of likely N-dealkylation sites (N-methyl/N-ethyl adjacent to an activating group) is 1. The van der Waals surface area contributed by atoms with Crippen LogP contribution in [-0.4, -0.2) is 43.1 Å². The molecule has 0 saturated carbocycles. The molecular weight excluding hydrogens is 397 g/mol. The van der Waals surface area contributed by atoms with E-state index in [1.807, 2.05) is 12.1 Å². The van der Waals surface area contributed by atoms with E-state index in [1.165, 1.54) is 17.0 Å². The van der Waals surface area contributed by atoms with Crippen LogP contribution in [0.2, 0.25) is 5.02 Å². The first kappa shape index (κ1) is 18.4. The molecule has 3 aliphatic heterocycles. The molecule has 1 unspecified atom stereocenters. The van der Waals surface area contributed by atoms with Gasteiger partial charge in [-0.1, -0.05) is 17.7 Å². The van der Waals surface area contributed by atoms with E-state index >= 15 is 0 Å². The Morgan fingerprint density at radius 1 is 1.28 bits per heavy atom. The lowest BCUT2D eigenvalue weighted by molar-refractivity contribution is -0.141. The Bertz CT molecular complexity index is 1040. The SMILES string of the molecule is CN1C(=O)[C@]2(N=C1N)c1cc(-c3cc(F)cc(Cl)c3)ccc1OC1CCOC[C@@H]12.